The Kier molecular flexibility index (Phi) is 6.70. The van der Waals surface area contributed by atoms with Crippen LogP contribution in [0.3, 0.4) is 0 Å². The molecule has 4 rings (SSSR count). The van der Waals surface area contributed by atoms with Crippen LogP contribution < -0.4 is 15.2 Å². The molecule has 13 nitrogen and oxygen atoms in total. The molecule has 0 bridgehead atoms. The summed E-state index contributed by atoms with van der Waals surface area (Å²) in [6.45, 7) is 4.71. The van der Waals surface area contributed by atoms with Gasteiger partial charge >= 0.3 is 22.1 Å². The summed E-state index contributed by atoms with van der Waals surface area (Å²) in [4.78, 5) is 24.0. The molecule has 3 aromatic rings. The number of hydrogen-bond donors (Lipinski definition) is 2. The van der Waals surface area contributed by atoms with Gasteiger partial charge in [-0.2, -0.15) is 13.1 Å². The molecule has 2 aromatic heterocycles. The number of rotatable bonds is 8. The largest absolute Gasteiger partial charge is 0.443 e. The molecule has 1 aliphatic carbocycles. The molecule has 0 saturated heterocycles. The fourth-order valence-electron chi connectivity index (χ4n) is 3.35. The van der Waals surface area contributed by atoms with E-state index in [0.717, 1.165) is 17.3 Å². The van der Waals surface area contributed by atoms with Crippen molar-refractivity contribution >= 4 is 28.1 Å². The number of nitrogens with zero attached hydrogens (tertiary/aromatic N) is 4. The molecule has 2 heterocycles. The minimum atomic E-state index is -4.15. The van der Waals surface area contributed by atoms with E-state index in [1.165, 1.54) is 16.7 Å². The molecule has 35 heavy (non-hydrogen) atoms. The molecular weight excluding hydrogens is 507 g/mol. The molecule has 1 unspecified atom stereocenters. The molecule has 2 N–H and O–H groups in total. The van der Waals surface area contributed by atoms with Crippen LogP contribution in [0.25, 0.3) is 11.5 Å². The summed E-state index contributed by atoms with van der Waals surface area (Å²) in [5.74, 6) is -0.969. The lowest BCUT2D eigenvalue weighted by molar-refractivity contribution is 0.0569. The number of nitrogens with one attached hydrogen (secondary N) is 2. The Bertz CT molecular complexity index is 1420. The number of fused-ring (bicyclic) bond motifs is 1. The number of benzene rings is 1. The molecule has 16 heteroatoms. The van der Waals surface area contributed by atoms with Crippen LogP contribution >= 0.6 is 11.8 Å². The standard InChI is InChI=1S/C19H21FN6O7S2.2H2/c1-19(2,3)31-17(27)25-35(29,30)21-6-7-34-16-14(22-33-24-16)15-23-32-18(28)26(15)13-8-10-4-5-11(20)9-12(10)13;;/h4-5,9,13,21H,6-8H2,1-3H3,(H,25,27);2*1H. The van der Waals surface area contributed by atoms with Gasteiger partial charge in [0.2, 0.25) is 5.82 Å². The predicted molar refractivity (Wildman–Crippen MR) is 124 cm³/mol. The first-order chi connectivity index (χ1) is 16.4. The molecule has 0 saturated carbocycles. The van der Waals surface area contributed by atoms with E-state index in [0.29, 0.717) is 12.0 Å². The molecule has 1 aromatic carbocycles. The Morgan fingerprint density at radius 2 is 2.11 bits per heavy atom. The molecule has 1 amide bonds. The van der Waals surface area contributed by atoms with Crippen LogP contribution in [0.4, 0.5) is 9.18 Å². The van der Waals surface area contributed by atoms with Gasteiger partial charge in [0.05, 0.1) is 6.04 Å². The van der Waals surface area contributed by atoms with E-state index >= 15 is 0 Å². The smallest absolute Gasteiger partial charge is 0.442 e. The first kappa shape index (κ1) is 24.9. The maximum atomic E-state index is 13.7. The molecule has 0 aliphatic heterocycles. The second-order valence-electron chi connectivity index (χ2n) is 8.47. The molecule has 0 spiro atoms. The van der Waals surface area contributed by atoms with Crippen molar-refractivity contribution in [1.29, 1.82) is 0 Å². The van der Waals surface area contributed by atoms with Crippen LogP contribution in [0, 0.1) is 5.82 Å². The monoisotopic (exact) mass is 532 g/mol. The summed E-state index contributed by atoms with van der Waals surface area (Å²) >= 11 is 1.07. The number of thioether (sulfide) groups is 1. The van der Waals surface area contributed by atoms with Gasteiger partial charge < -0.3 is 4.74 Å². The predicted octanol–water partition coefficient (Wildman–Crippen LogP) is 2.11. The molecule has 1 atom stereocenters. The van der Waals surface area contributed by atoms with Crippen molar-refractivity contribution in [3.8, 4) is 11.5 Å². The van der Waals surface area contributed by atoms with E-state index in [2.05, 4.69) is 20.2 Å². The van der Waals surface area contributed by atoms with Gasteiger partial charge in [0.15, 0.2) is 10.7 Å². The lowest BCUT2D eigenvalue weighted by Crippen LogP contribution is -2.43. The van der Waals surface area contributed by atoms with Gasteiger partial charge in [0, 0.05) is 15.2 Å². The summed E-state index contributed by atoms with van der Waals surface area (Å²) in [7, 11) is -4.15. The minimum absolute atomic E-state index is 0. The first-order valence-electron chi connectivity index (χ1n) is 10.3. The van der Waals surface area contributed by atoms with E-state index < -0.39 is 39.5 Å². The third kappa shape index (κ3) is 5.71. The highest BCUT2D eigenvalue weighted by molar-refractivity contribution is 7.99. The summed E-state index contributed by atoms with van der Waals surface area (Å²) < 4.78 is 57.4. The van der Waals surface area contributed by atoms with Crippen molar-refractivity contribution in [1.82, 2.24) is 29.5 Å². The fourth-order valence-corrected chi connectivity index (χ4v) is 4.93. The maximum absolute atomic E-state index is 13.7. The molecule has 0 fully saturated rings. The normalized spacial score (nSPS) is 15.4. The van der Waals surface area contributed by atoms with Crippen LogP contribution in [-0.4, -0.2) is 52.4 Å². The third-order valence-corrected chi connectivity index (χ3v) is 6.72. The van der Waals surface area contributed by atoms with Gasteiger partial charge in [-0.3, -0.25) is 4.52 Å². The SMILES string of the molecule is CC(C)(C)OC(=O)NS(=O)(=O)NCCSc1nonc1-c1noc(=O)n1C1Cc2ccc(F)cc21.[HH].[HH]. The quantitative estimate of drug-likeness (QED) is 0.321. The second kappa shape index (κ2) is 9.43. The van der Waals surface area contributed by atoms with Gasteiger partial charge in [-0.25, -0.2) is 27.9 Å². The fraction of sp³-hybridized carbons (Fsp3) is 0.421. The molecule has 0 radical (unpaired) electrons. The number of halogens is 1. The van der Waals surface area contributed by atoms with Crippen molar-refractivity contribution in [3.05, 3.63) is 45.7 Å². The molecule has 1 aliphatic rings. The van der Waals surface area contributed by atoms with Crippen LogP contribution in [0.15, 0.2) is 37.2 Å². The maximum Gasteiger partial charge on any atom is 0.442 e. The highest BCUT2D eigenvalue weighted by Gasteiger charge is 2.34. The number of hydrogen-bond acceptors (Lipinski definition) is 11. The first-order valence-corrected chi connectivity index (χ1v) is 12.7. The molecule has 192 valence electrons. The van der Waals surface area contributed by atoms with Crippen molar-refractivity contribution in [2.24, 2.45) is 0 Å². The summed E-state index contributed by atoms with van der Waals surface area (Å²) in [6.07, 6.45) is -0.633. The van der Waals surface area contributed by atoms with E-state index in [-0.39, 0.29) is 31.7 Å². The van der Waals surface area contributed by atoms with Gasteiger partial charge in [-0.1, -0.05) is 23.0 Å². The zero-order chi connectivity index (χ0) is 25.4. The Labute approximate surface area is 205 Å². The van der Waals surface area contributed by atoms with Crippen molar-refractivity contribution in [2.45, 2.75) is 43.9 Å². The Balaban J connectivity index is 0.00000241. The van der Waals surface area contributed by atoms with Crippen LogP contribution in [0.5, 0.6) is 0 Å². The third-order valence-electron chi connectivity index (χ3n) is 4.75. The highest BCUT2D eigenvalue weighted by atomic mass is 32.2. The highest BCUT2D eigenvalue weighted by Crippen LogP contribution is 2.38. The van der Waals surface area contributed by atoms with Crippen molar-refractivity contribution in [2.75, 3.05) is 12.3 Å². The topological polar surface area (TPSA) is 171 Å². The number of aromatic nitrogens is 4. The van der Waals surface area contributed by atoms with Gasteiger partial charge in [0.25, 0.3) is 0 Å². The van der Waals surface area contributed by atoms with E-state index in [4.69, 9.17) is 13.9 Å². The van der Waals surface area contributed by atoms with Gasteiger partial charge in [-0.15, -0.1) is 0 Å². The summed E-state index contributed by atoms with van der Waals surface area (Å²) in [6, 6.07) is 3.85. The average molecular weight is 533 g/mol. The number of amides is 1. The van der Waals surface area contributed by atoms with Crippen LogP contribution in [-0.2, 0) is 21.4 Å². The average Bonchev–Trinajstić information content (AvgIpc) is 3.32. The number of ether oxygens (including phenoxy) is 1. The Morgan fingerprint density at radius 1 is 1.34 bits per heavy atom. The van der Waals surface area contributed by atoms with E-state index in [1.54, 1.807) is 31.6 Å². The Morgan fingerprint density at radius 3 is 2.86 bits per heavy atom. The van der Waals surface area contributed by atoms with Crippen molar-refractivity contribution in [3.63, 3.8) is 0 Å². The Hall–Kier alpha value is -3.24. The van der Waals surface area contributed by atoms with E-state index in [1.807, 2.05) is 0 Å². The molecular formula is C19H25FN6O7S2. The number of carbonyl (C=O) groups excluding carboxylic acids is 1. The lowest BCUT2D eigenvalue weighted by atomic mass is 9.83. The zero-order valence-electron chi connectivity index (χ0n) is 18.8. The lowest BCUT2D eigenvalue weighted by Gasteiger charge is -2.30. The second-order valence-corrected chi connectivity index (χ2v) is 11.1. The summed E-state index contributed by atoms with van der Waals surface area (Å²) in [5, 5.41) is 11.6. The summed E-state index contributed by atoms with van der Waals surface area (Å²) in [5.41, 5.74) is 0.786. The minimum Gasteiger partial charge on any atom is -0.443 e. The van der Waals surface area contributed by atoms with Crippen molar-refractivity contribution < 1.29 is 34.3 Å². The van der Waals surface area contributed by atoms with Gasteiger partial charge in [0.1, 0.15) is 11.4 Å². The van der Waals surface area contributed by atoms with Gasteiger partial charge in [-0.05, 0) is 60.8 Å². The van der Waals surface area contributed by atoms with Crippen LogP contribution in [0.2, 0.25) is 0 Å². The number of carbonyl (C=O) groups is 1. The zero-order valence-corrected chi connectivity index (χ0v) is 20.4. The van der Waals surface area contributed by atoms with Crippen LogP contribution in [0.1, 0.15) is 40.8 Å². The van der Waals surface area contributed by atoms with E-state index in [9.17, 15) is 22.4 Å².